The van der Waals surface area contributed by atoms with E-state index in [1.54, 1.807) is 24.6 Å². The number of amides is 1. The number of rotatable bonds is 8. The Balaban J connectivity index is 0. The summed E-state index contributed by atoms with van der Waals surface area (Å²) in [6, 6.07) is 0.0201. The molecule has 8 heteroatoms. The lowest BCUT2D eigenvalue weighted by Gasteiger charge is -2.14. The second kappa shape index (κ2) is 12.6. The average Bonchev–Trinajstić information content (AvgIpc) is 2.85. The Morgan fingerprint density at radius 1 is 1.53 bits per heavy atom. The minimum Gasteiger partial charge on any atom is -0.383 e. The number of hydrogen-bond acceptors (Lipinski definition) is 5. The predicted octanol–water partition coefficient (Wildman–Crippen LogP) is 1.79. The third-order valence-electron chi connectivity index (χ3n) is 2.26. The molecule has 1 aromatic heterocycles. The SMILES string of the molecule is CCC(NC(=O)CNCCOC)c1nccs1.Cl.Cl. The summed E-state index contributed by atoms with van der Waals surface area (Å²) in [4.78, 5) is 15.8. The molecule has 1 heterocycles. The van der Waals surface area contributed by atoms with Gasteiger partial charge < -0.3 is 15.4 Å². The van der Waals surface area contributed by atoms with E-state index in [4.69, 9.17) is 4.74 Å². The van der Waals surface area contributed by atoms with Crippen LogP contribution in [0.2, 0.25) is 0 Å². The summed E-state index contributed by atoms with van der Waals surface area (Å²) in [5, 5.41) is 8.83. The van der Waals surface area contributed by atoms with Crippen LogP contribution in [0.25, 0.3) is 0 Å². The lowest BCUT2D eigenvalue weighted by molar-refractivity contribution is -0.121. The van der Waals surface area contributed by atoms with Crippen molar-refractivity contribution in [1.29, 1.82) is 0 Å². The molecular weight excluding hydrogens is 309 g/mol. The number of methoxy groups -OCH3 is 1. The maximum Gasteiger partial charge on any atom is 0.234 e. The molecule has 112 valence electrons. The molecule has 0 saturated heterocycles. The minimum atomic E-state index is -0.0110. The summed E-state index contributed by atoms with van der Waals surface area (Å²) in [6.07, 6.45) is 2.60. The molecule has 1 aromatic rings. The van der Waals surface area contributed by atoms with E-state index in [1.165, 1.54) is 0 Å². The summed E-state index contributed by atoms with van der Waals surface area (Å²) in [5.41, 5.74) is 0. The Morgan fingerprint density at radius 3 is 2.79 bits per heavy atom. The van der Waals surface area contributed by atoms with Crippen molar-refractivity contribution in [3.63, 3.8) is 0 Å². The number of halogens is 2. The number of carbonyl (C=O) groups excluding carboxylic acids is 1. The van der Waals surface area contributed by atoms with E-state index in [0.29, 0.717) is 19.7 Å². The lowest BCUT2D eigenvalue weighted by Crippen LogP contribution is -2.37. The second-order valence-corrected chi connectivity index (χ2v) is 4.49. The maximum absolute atomic E-state index is 11.6. The number of nitrogens with one attached hydrogen (secondary N) is 2. The van der Waals surface area contributed by atoms with Crippen LogP contribution in [-0.2, 0) is 9.53 Å². The number of thiazole rings is 1. The molecule has 0 aliphatic carbocycles. The highest BCUT2D eigenvalue weighted by Gasteiger charge is 2.14. The molecule has 0 saturated carbocycles. The molecule has 1 unspecified atom stereocenters. The monoisotopic (exact) mass is 329 g/mol. The van der Waals surface area contributed by atoms with Crippen LogP contribution in [0.1, 0.15) is 24.4 Å². The van der Waals surface area contributed by atoms with E-state index >= 15 is 0 Å². The molecule has 0 aliphatic heterocycles. The zero-order chi connectivity index (χ0) is 12.5. The van der Waals surface area contributed by atoms with Gasteiger partial charge in [-0.05, 0) is 6.42 Å². The minimum absolute atomic E-state index is 0. The van der Waals surface area contributed by atoms with Gasteiger partial charge in [0.1, 0.15) is 5.01 Å². The van der Waals surface area contributed by atoms with Crippen molar-refractivity contribution in [2.45, 2.75) is 19.4 Å². The van der Waals surface area contributed by atoms with Crippen LogP contribution >= 0.6 is 36.2 Å². The number of hydrogen-bond donors (Lipinski definition) is 2. The van der Waals surface area contributed by atoms with Crippen molar-refractivity contribution in [1.82, 2.24) is 15.6 Å². The van der Waals surface area contributed by atoms with Crippen molar-refractivity contribution in [3.05, 3.63) is 16.6 Å². The van der Waals surface area contributed by atoms with Gasteiger partial charge >= 0.3 is 0 Å². The lowest BCUT2D eigenvalue weighted by atomic mass is 10.2. The van der Waals surface area contributed by atoms with E-state index in [9.17, 15) is 4.79 Å². The fraction of sp³-hybridized carbons (Fsp3) is 0.636. The van der Waals surface area contributed by atoms with Crippen molar-refractivity contribution in [2.24, 2.45) is 0 Å². The summed E-state index contributed by atoms with van der Waals surface area (Å²) in [5.74, 6) is -0.0110. The first-order valence-electron chi connectivity index (χ1n) is 5.66. The van der Waals surface area contributed by atoms with Crippen molar-refractivity contribution < 1.29 is 9.53 Å². The molecule has 5 nitrogen and oxygen atoms in total. The molecular formula is C11H21Cl2N3O2S. The highest BCUT2D eigenvalue weighted by atomic mass is 35.5. The fourth-order valence-corrected chi connectivity index (χ4v) is 2.14. The molecule has 1 rings (SSSR count). The van der Waals surface area contributed by atoms with Crippen LogP contribution in [0, 0.1) is 0 Å². The molecule has 0 spiro atoms. The summed E-state index contributed by atoms with van der Waals surface area (Å²) < 4.78 is 4.88. The Hall–Kier alpha value is -0.400. The Labute approximate surface area is 130 Å². The van der Waals surface area contributed by atoms with E-state index in [2.05, 4.69) is 15.6 Å². The Morgan fingerprint density at radius 2 is 2.26 bits per heavy atom. The molecule has 0 aromatic carbocycles. The van der Waals surface area contributed by atoms with Gasteiger partial charge in [0.05, 0.1) is 19.2 Å². The van der Waals surface area contributed by atoms with Crippen LogP contribution in [0.5, 0.6) is 0 Å². The second-order valence-electron chi connectivity index (χ2n) is 3.57. The van der Waals surface area contributed by atoms with Gasteiger partial charge in [-0.1, -0.05) is 6.92 Å². The summed E-state index contributed by atoms with van der Waals surface area (Å²) >= 11 is 1.56. The molecule has 0 fully saturated rings. The molecule has 1 atom stereocenters. The summed E-state index contributed by atoms with van der Waals surface area (Å²) in [6.45, 7) is 3.63. The van der Waals surface area contributed by atoms with Crippen LogP contribution in [0.15, 0.2) is 11.6 Å². The van der Waals surface area contributed by atoms with Gasteiger partial charge in [0.15, 0.2) is 0 Å². The van der Waals surface area contributed by atoms with Crippen molar-refractivity contribution >= 4 is 42.1 Å². The van der Waals surface area contributed by atoms with Gasteiger partial charge in [-0.2, -0.15) is 0 Å². The van der Waals surface area contributed by atoms with Crippen molar-refractivity contribution in [3.8, 4) is 0 Å². The van der Waals surface area contributed by atoms with Crippen LogP contribution < -0.4 is 10.6 Å². The summed E-state index contributed by atoms with van der Waals surface area (Å²) in [7, 11) is 1.64. The highest BCUT2D eigenvalue weighted by molar-refractivity contribution is 7.09. The van der Waals surface area contributed by atoms with Gasteiger partial charge in [0, 0.05) is 25.2 Å². The largest absolute Gasteiger partial charge is 0.383 e. The third kappa shape index (κ3) is 8.39. The number of nitrogens with zero attached hydrogens (tertiary/aromatic N) is 1. The molecule has 19 heavy (non-hydrogen) atoms. The Bertz CT molecular complexity index is 326. The quantitative estimate of drug-likeness (QED) is 0.714. The van der Waals surface area contributed by atoms with Gasteiger partial charge in [-0.15, -0.1) is 36.2 Å². The van der Waals surface area contributed by atoms with Crippen molar-refractivity contribution in [2.75, 3.05) is 26.8 Å². The first-order chi connectivity index (χ1) is 8.27. The molecule has 0 aliphatic rings. The topological polar surface area (TPSA) is 63.2 Å². The zero-order valence-corrected chi connectivity index (χ0v) is 13.5. The zero-order valence-electron chi connectivity index (χ0n) is 11.0. The van der Waals surface area contributed by atoms with E-state index in [1.807, 2.05) is 12.3 Å². The van der Waals surface area contributed by atoms with E-state index in [-0.39, 0.29) is 36.8 Å². The first-order valence-corrected chi connectivity index (χ1v) is 6.54. The number of ether oxygens (including phenoxy) is 1. The van der Waals surface area contributed by atoms with E-state index < -0.39 is 0 Å². The van der Waals surface area contributed by atoms with Gasteiger partial charge in [-0.25, -0.2) is 4.98 Å². The average molecular weight is 330 g/mol. The molecule has 0 radical (unpaired) electrons. The molecule has 0 bridgehead atoms. The van der Waals surface area contributed by atoms with Gasteiger partial charge in [0.25, 0.3) is 0 Å². The molecule has 2 N–H and O–H groups in total. The Kier molecular flexibility index (Phi) is 13.9. The number of aromatic nitrogens is 1. The van der Waals surface area contributed by atoms with E-state index in [0.717, 1.165) is 11.4 Å². The van der Waals surface area contributed by atoms with Crippen LogP contribution in [-0.4, -0.2) is 37.7 Å². The third-order valence-corrected chi connectivity index (χ3v) is 3.15. The highest BCUT2D eigenvalue weighted by Crippen LogP contribution is 2.18. The fourth-order valence-electron chi connectivity index (χ4n) is 1.37. The van der Waals surface area contributed by atoms with Gasteiger partial charge in [0.2, 0.25) is 5.91 Å². The smallest absolute Gasteiger partial charge is 0.234 e. The normalized spacial score (nSPS) is 11.1. The first kappa shape index (κ1) is 20.9. The van der Waals surface area contributed by atoms with Crippen LogP contribution in [0.4, 0.5) is 0 Å². The maximum atomic E-state index is 11.6. The number of carbonyl (C=O) groups is 1. The predicted molar refractivity (Wildman–Crippen MR) is 82.5 cm³/mol. The van der Waals surface area contributed by atoms with Gasteiger partial charge in [-0.3, -0.25) is 4.79 Å². The molecule has 1 amide bonds. The standard InChI is InChI=1S/C11H19N3O2S.2ClH/c1-3-9(11-13-5-7-17-11)14-10(15)8-12-4-6-16-2;;/h5,7,9,12H,3-4,6,8H2,1-2H3,(H,14,15);2*1H. The van der Waals surface area contributed by atoms with Crippen LogP contribution in [0.3, 0.4) is 0 Å².